The number of hydrogen-bond donors (Lipinski definition) is 2. The number of ether oxygens (including phenoxy) is 1. The van der Waals surface area contributed by atoms with Crippen molar-refractivity contribution in [1.82, 2.24) is 10.6 Å². The minimum Gasteiger partial charge on any atom is -0.462 e. The molecular formula is C29H50N2O3. The fourth-order valence-corrected chi connectivity index (χ4v) is 4.24. The fraction of sp³-hybridized carbons (Fsp3) is 0.724. The van der Waals surface area contributed by atoms with Crippen LogP contribution in [0.2, 0.25) is 0 Å². The Morgan fingerprint density at radius 1 is 0.765 bits per heavy atom. The molecule has 2 N–H and O–H groups in total. The normalized spacial score (nSPS) is 10.9. The fourth-order valence-electron chi connectivity index (χ4n) is 4.24. The molecule has 0 saturated heterocycles. The molecule has 1 aromatic rings. The molecule has 0 atom stereocenters. The van der Waals surface area contributed by atoms with Crippen LogP contribution < -0.4 is 10.6 Å². The van der Waals surface area contributed by atoms with Crippen LogP contribution in [0.25, 0.3) is 0 Å². The topological polar surface area (TPSA) is 67.4 Å². The van der Waals surface area contributed by atoms with Crippen molar-refractivity contribution >= 4 is 11.9 Å². The smallest absolute Gasteiger partial charge is 0.338 e. The van der Waals surface area contributed by atoms with Gasteiger partial charge in [0.15, 0.2) is 0 Å². The second-order valence-corrected chi connectivity index (χ2v) is 9.44. The van der Waals surface area contributed by atoms with E-state index in [4.69, 9.17) is 4.74 Å². The van der Waals surface area contributed by atoms with Crippen LogP contribution in [0, 0.1) is 6.92 Å². The lowest BCUT2D eigenvalue weighted by Crippen LogP contribution is -2.32. The van der Waals surface area contributed by atoms with Gasteiger partial charge in [-0.3, -0.25) is 4.79 Å². The number of nitrogens with one attached hydrogen (secondary N) is 2. The standard InChI is InChI=1S/C29H50N2O3/c1-4-5-6-7-8-9-10-11-12-13-14-15-16-17-18-24-34-29(33)26-21-19-20-25(2)27(26)28(32)31-23-22-30-3/h19-21,30H,4-18,22-24H2,1-3H3,(H,31,32). The van der Waals surface area contributed by atoms with E-state index in [1.807, 2.05) is 20.0 Å². The molecule has 0 fully saturated rings. The molecule has 0 aliphatic rings. The largest absolute Gasteiger partial charge is 0.462 e. The number of hydrogen-bond acceptors (Lipinski definition) is 4. The third-order valence-corrected chi connectivity index (χ3v) is 6.36. The highest BCUT2D eigenvalue weighted by atomic mass is 16.5. The van der Waals surface area contributed by atoms with Crippen LogP contribution in [0.3, 0.4) is 0 Å². The SMILES string of the molecule is CCCCCCCCCCCCCCCCCOC(=O)c1cccc(C)c1C(=O)NCCNC. The van der Waals surface area contributed by atoms with E-state index in [1.54, 1.807) is 12.1 Å². The molecule has 0 aliphatic heterocycles. The zero-order chi connectivity index (χ0) is 24.9. The van der Waals surface area contributed by atoms with E-state index in [2.05, 4.69) is 17.6 Å². The van der Waals surface area contributed by atoms with Crippen LogP contribution in [0.15, 0.2) is 18.2 Å². The van der Waals surface area contributed by atoms with Crippen molar-refractivity contribution in [2.24, 2.45) is 0 Å². The van der Waals surface area contributed by atoms with Gasteiger partial charge in [-0.2, -0.15) is 0 Å². The molecule has 1 amide bonds. The van der Waals surface area contributed by atoms with Crippen LogP contribution in [0.1, 0.15) is 130 Å². The lowest BCUT2D eigenvalue weighted by atomic mass is 10.0. The van der Waals surface area contributed by atoms with Gasteiger partial charge in [0.2, 0.25) is 0 Å². The number of unbranched alkanes of at least 4 members (excludes halogenated alkanes) is 14. The molecule has 0 spiro atoms. The van der Waals surface area contributed by atoms with Crippen molar-refractivity contribution in [3.63, 3.8) is 0 Å². The lowest BCUT2D eigenvalue weighted by molar-refractivity contribution is 0.0494. The minimum atomic E-state index is -0.409. The van der Waals surface area contributed by atoms with Crippen molar-refractivity contribution < 1.29 is 14.3 Å². The van der Waals surface area contributed by atoms with Crippen molar-refractivity contribution in [2.45, 2.75) is 110 Å². The molecule has 34 heavy (non-hydrogen) atoms. The average molecular weight is 475 g/mol. The summed E-state index contributed by atoms with van der Waals surface area (Å²) in [5.74, 6) is -0.639. The molecule has 1 rings (SSSR count). The summed E-state index contributed by atoms with van der Waals surface area (Å²) in [7, 11) is 1.83. The van der Waals surface area contributed by atoms with Gasteiger partial charge in [-0.05, 0) is 32.0 Å². The predicted octanol–water partition coefficient (Wildman–Crippen LogP) is 6.97. The van der Waals surface area contributed by atoms with E-state index in [9.17, 15) is 9.59 Å². The summed E-state index contributed by atoms with van der Waals surface area (Å²) in [6.07, 6.45) is 19.6. The van der Waals surface area contributed by atoms with E-state index in [0.717, 1.165) is 18.4 Å². The minimum absolute atomic E-state index is 0.229. The van der Waals surface area contributed by atoms with E-state index in [-0.39, 0.29) is 5.91 Å². The number of benzene rings is 1. The summed E-state index contributed by atoms with van der Waals surface area (Å²) in [5.41, 5.74) is 1.55. The Kier molecular flexibility index (Phi) is 18.2. The monoisotopic (exact) mass is 474 g/mol. The second kappa shape index (κ2) is 20.5. The third kappa shape index (κ3) is 13.7. The maximum Gasteiger partial charge on any atom is 0.338 e. The summed E-state index contributed by atoms with van der Waals surface area (Å²) in [5, 5.41) is 5.84. The molecule has 194 valence electrons. The van der Waals surface area contributed by atoms with Gasteiger partial charge in [-0.15, -0.1) is 0 Å². The lowest BCUT2D eigenvalue weighted by Gasteiger charge is -2.12. The highest BCUT2D eigenvalue weighted by Crippen LogP contribution is 2.17. The van der Waals surface area contributed by atoms with E-state index in [1.165, 1.54) is 83.5 Å². The number of amides is 1. The number of esters is 1. The Hall–Kier alpha value is -1.88. The van der Waals surface area contributed by atoms with Crippen LogP contribution in [0.5, 0.6) is 0 Å². The quantitative estimate of drug-likeness (QED) is 0.149. The molecule has 0 heterocycles. The zero-order valence-electron chi connectivity index (χ0n) is 22.2. The van der Waals surface area contributed by atoms with Crippen LogP contribution in [0.4, 0.5) is 0 Å². The van der Waals surface area contributed by atoms with Gasteiger partial charge in [-0.1, -0.05) is 109 Å². The van der Waals surface area contributed by atoms with E-state index >= 15 is 0 Å². The zero-order valence-corrected chi connectivity index (χ0v) is 22.2. The molecule has 1 aromatic carbocycles. The molecule has 5 heteroatoms. The Morgan fingerprint density at radius 3 is 1.82 bits per heavy atom. The molecule has 0 saturated carbocycles. The Morgan fingerprint density at radius 2 is 1.29 bits per heavy atom. The Bertz CT molecular complexity index is 675. The van der Waals surface area contributed by atoms with Crippen molar-refractivity contribution in [3.05, 3.63) is 34.9 Å². The summed E-state index contributed by atoms with van der Waals surface area (Å²) >= 11 is 0. The van der Waals surface area contributed by atoms with Gasteiger partial charge >= 0.3 is 5.97 Å². The maximum atomic E-state index is 12.6. The molecule has 5 nitrogen and oxygen atoms in total. The van der Waals surface area contributed by atoms with Crippen LogP contribution in [-0.2, 0) is 4.74 Å². The van der Waals surface area contributed by atoms with Gasteiger partial charge in [0.05, 0.1) is 17.7 Å². The Labute approximate surface area is 208 Å². The van der Waals surface area contributed by atoms with E-state index in [0.29, 0.717) is 30.8 Å². The molecule has 0 bridgehead atoms. The van der Waals surface area contributed by atoms with Gasteiger partial charge in [-0.25, -0.2) is 4.79 Å². The number of carbonyl (C=O) groups is 2. The first kappa shape index (κ1) is 30.2. The molecular weight excluding hydrogens is 424 g/mol. The van der Waals surface area contributed by atoms with Crippen molar-refractivity contribution in [1.29, 1.82) is 0 Å². The van der Waals surface area contributed by atoms with Gasteiger partial charge in [0.1, 0.15) is 0 Å². The summed E-state index contributed by atoms with van der Waals surface area (Å²) in [4.78, 5) is 25.1. The number of rotatable bonds is 21. The predicted molar refractivity (Wildman–Crippen MR) is 143 cm³/mol. The highest BCUT2D eigenvalue weighted by molar-refractivity contribution is 6.06. The maximum absolute atomic E-state index is 12.6. The molecule has 0 radical (unpaired) electrons. The molecule has 0 unspecified atom stereocenters. The van der Waals surface area contributed by atoms with Crippen LogP contribution >= 0.6 is 0 Å². The molecule has 0 aliphatic carbocycles. The van der Waals surface area contributed by atoms with E-state index < -0.39 is 5.97 Å². The number of carbonyl (C=O) groups excluding carboxylic acids is 2. The highest BCUT2D eigenvalue weighted by Gasteiger charge is 2.20. The summed E-state index contributed by atoms with van der Waals surface area (Å²) < 4.78 is 5.48. The summed E-state index contributed by atoms with van der Waals surface area (Å²) in [6.45, 7) is 5.71. The number of likely N-dealkylation sites (N-methyl/N-ethyl adjacent to an activating group) is 1. The first-order valence-electron chi connectivity index (χ1n) is 13.8. The van der Waals surface area contributed by atoms with Crippen molar-refractivity contribution in [2.75, 3.05) is 26.7 Å². The summed E-state index contributed by atoms with van der Waals surface area (Å²) in [6, 6.07) is 5.32. The first-order chi connectivity index (χ1) is 16.6. The Balaban J connectivity index is 2.11. The average Bonchev–Trinajstić information content (AvgIpc) is 2.83. The van der Waals surface area contributed by atoms with Crippen molar-refractivity contribution in [3.8, 4) is 0 Å². The van der Waals surface area contributed by atoms with Crippen LogP contribution in [-0.4, -0.2) is 38.6 Å². The first-order valence-corrected chi connectivity index (χ1v) is 13.8. The molecule has 0 aromatic heterocycles. The van der Waals surface area contributed by atoms with Gasteiger partial charge in [0.25, 0.3) is 5.91 Å². The van der Waals surface area contributed by atoms with Gasteiger partial charge in [0, 0.05) is 13.1 Å². The third-order valence-electron chi connectivity index (χ3n) is 6.36. The van der Waals surface area contributed by atoms with Gasteiger partial charge < -0.3 is 15.4 Å². The number of aryl methyl sites for hydroxylation is 1. The second-order valence-electron chi connectivity index (χ2n) is 9.44.